The van der Waals surface area contributed by atoms with E-state index in [1.807, 2.05) is 0 Å². The lowest BCUT2D eigenvalue weighted by molar-refractivity contribution is 0.119. The van der Waals surface area contributed by atoms with E-state index < -0.39 is 0 Å². The van der Waals surface area contributed by atoms with Crippen molar-refractivity contribution in [1.82, 2.24) is 0 Å². The maximum absolute atomic E-state index is 9.66. The van der Waals surface area contributed by atoms with Crippen LogP contribution in [0.1, 0.15) is 32.6 Å². The van der Waals surface area contributed by atoms with Gasteiger partial charge in [-0.1, -0.05) is 13.3 Å². The van der Waals surface area contributed by atoms with Crippen molar-refractivity contribution in [2.45, 2.75) is 38.2 Å². The minimum atomic E-state index is -0.316. The molecule has 10 heavy (non-hydrogen) atoms. The molecule has 0 saturated heterocycles. The average molecular weight is 163 g/mol. The lowest BCUT2D eigenvalue weighted by atomic mass is 10.1. The Bertz CT molecular complexity index is 116. The Balaban J connectivity index is 2.16. The van der Waals surface area contributed by atoms with Crippen molar-refractivity contribution in [2.75, 3.05) is 5.88 Å². The second-order valence-corrected chi connectivity index (χ2v) is 3.58. The van der Waals surface area contributed by atoms with E-state index in [0.717, 1.165) is 25.7 Å². The lowest BCUT2D eigenvalue weighted by Gasteiger charge is -2.06. The Kier molecular flexibility index (Phi) is 2.59. The van der Waals surface area contributed by atoms with Crippen molar-refractivity contribution in [3.8, 4) is 0 Å². The Morgan fingerprint density at radius 1 is 1.70 bits per heavy atom. The van der Waals surface area contributed by atoms with Gasteiger partial charge in [0.25, 0.3) is 0 Å². The molecular weight excluding hydrogens is 148 g/mol. The van der Waals surface area contributed by atoms with Gasteiger partial charge in [-0.05, 0) is 25.2 Å². The molecule has 0 aromatic heterocycles. The molecule has 60 valence electrons. The van der Waals surface area contributed by atoms with Crippen LogP contribution >= 0.6 is 11.6 Å². The van der Waals surface area contributed by atoms with Crippen LogP contribution in [0.3, 0.4) is 0 Å². The fourth-order valence-corrected chi connectivity index (χ4v) is 1.70. The highest BCUT2D eigenvalue weighted by Crippen LogP contribution is 2.48. The molecule has 0 unspecified atom stereocenters. The molecule has 0 aliphatic heterocycles. The van der Waals surface area contributed by atoms with E-state index in [1.54, 1.807) is 0 Å². The third kappa shape index (κ3) is 1.64. The maximum atomic E-state index is 9.66. The molecule has 1 rings (SSSR count). The Hall–Kier alpha value is 0.250. The maximum Gasteiger partial charge on any atom is 0.0680 e. The summed E-state index contributed by atoms with van der Waals surface area (Å²) in [5.41, 5.74) is -0.316. The van der Waals surface area contributed by atoms with Gasteiger partial charge in [-0.2, -0.15) is 0 Å². The summed E-state index contributed by atoms with van der Waals surface area (Å²) in [5.74, 6) is 1.24. The van der Waals surface area contributed by atoms with E-state index in [4.69, 9.17) is 11.6 Å². The number of hydrogen-bond donors (Lipinski definition) is 1. The number of rotatable bonds is 4. The number of alkyl halides is 1. The summed E-state index contributed by atoms with van der Waals surface area (Å²) in [4.78, 5) is 0. The topological polar surface area (TPSA) is 20.2 Å². The number of aliphatic hydroxyl groups is 1. The standard InChI is InChI=1S/C8H15ClO/c1-2-7-6-8(7,10)4-3-5-9/h7,10H,2-6H2,1H3/t7-,8-/m0/s1. The van der Waals surface area contributed by atoms with E-state index in [0.29, 0.717) is 11.8 Å². The van der Waals surface area contributed by atoms with Crippen molar-refractivity contribution >= 4 is 11.6 Å². The lowest BCUT2D eigenvalue weighted by Crippen LogP contribution is -2.10. The highest BCUT2D eigenvalue weighted by atomic mass is 35.5. The zero-order valence-electron chi connectivity index (χ0n) is 6.44. The minimum absolute atomic E-state index is 0.316. The Labute approximate surface area is 67.4 Å². The van der Waals surface area contributed by atoms with Crippen LogP contribution in [0.4, 0.5) is 0 Å². The molecule has 1 N–H and O–H groups in total. The summed E-state index contributed by atoms with van der Waals surface area (Å²) in [6.45, 7) is 2.13. The Morgan fingerprint density at radius 2 is 2.40 bits per heavy atom. The molecule has 0 aromatic carbocycles. The van der Waals surface area contributed by atoms with Gasteiger partial charge < -0.3 is 5.11 Å². The van der Waals surface area contributed by atoms with E-state index in [2.05, 4.69) is 6.92 Å². The zero-order valence-corrected chi connectivity index (χ0v) is 7.19. The third-order valence-corrected chi connectivity index (χ3v) is 2.70. The molecule has 1 fully saturated rings. The molecule has 2 atom stereocenters. The number of halogens is 1. The normalized spacial score (nSPS) is 38.1. The van der Waals surface area contributed by atoms with Crippen molar-refractivity contribution in [2.24, 2.45) is 5.92 Å². The van der Waals surface area contributed by atoms with Crippen molar-refractivity contribution in [3.05, 3.63) is 0 Å². The molecule has 0 spiro atoms. The second-order valence-electron chi connectivity index (χ2n) is 3.21. The fourth-order valence-electron chi connectivity index (χ4n) is 1.57. The highest BCUT2D eigenvalue weighted by Gasteiger charge is 2.50. The van der Waals surface area contributed by atoms with Crippen molar-refractivity contribution in [1.29, 1.82) is 0 Å². The summed E-state index contributed by atoms with van der Waals surface area (Å²) >= 11 is 5.52. The average Bonchev–Trinajstić information content (AvgIpc) is 2.59. The molecule has 0 aromatic rings. The monoisotopic (exact) mass is 162 g/mol. The molecule has 2 heteroatoms. The summed E-state index contributed by atoms with van der Waals surface area (Å²) in [5, 5.41) is 9.66. The number of hydrogen-bond acceptors (Lipinski definition) is 1. The van der Waals surface area contributed by atoms with Gasteiger partial charge in [-0.3, -0.25) is 0 Å². The summed E-state index contributed by atoms with van der Waals surface area (Å²) in [6.07, 6.45) is 3.96. The van der Waals surface area contributed by atoms with E-state index in [9.17, 15) is 5.11 Å². The van der Waals surface area contributed by atoms with Crippen LogP contribution in [0.25, 0.3) is 0 Å². The quantitative estimate of drug-likeness (QED) is 0.629. The predicted molar refractivity (Wildman–Crippen MR) is 43.3 cm³/mol. The summed E-state index contributed by atoms with van der Waals surface area (Å²) < 4.78 is 0. The molecule has 0 amide bonds. The fraction of sp³-hybridized carbons (Fsp3) is 1.00. The van der Waals surface area contributed by atoms with Gasteiger partial charge in [0.05, 0.1) is 5.60 Å². The highest BCUT2D eigenvalue weighted by molar-refractivity contribution is 6.17. The first-order valence-corrected chi connectivity index (χ1v) is 4.54. The Morgan fingerprint density at radius 3 is 2.80 bits per heavy atom. The van der Waals surface area contributed by atoms with E-state index in [1.165, 1.54) is 0 Å². The van der Waals surface area contributed by atoms with E-state index in [-0.39, 0.29) is 5.60 Å². The van der Waals surface area contributed by atoms with Gasteiger partial charge >= 0.3 is 0 Å². The van der Waals surface area contributed by atoms with Gasteiger partial charge in [0.2, 0.25) is 0 Å². The largest absolute Gasteiger partial charge is 0.390 e. The van der Waals surface area contributed by atoms with Gasteiger partial charge in [0.15, 0.2) is 0 Å². The van der Waals surface area contributed by atoms with Crippen LogP contribution in [0.2, 0.25) is 0 Å². The molecule has 0 radical (unpaired) electrons. The van der Waals surface area contributed by atoms with Crippen LogP contribution in [-0.2, 0) is 0 Å². The van der Waals surface area contributed by atoms with Gasteiger partial charge in [0.1, 0.15) is 0 Å². The predicted octanol–water partition coefficient (Wildman–Crippen LogP) is 2.17. The van der Waals surface area contributed by atoms with Crippen molar-refractivity contribution < 1.29 is 5.11 Å². The molecule has 1 aliphatic carbocycles. The van der Waals surface area contributed by atoms with Crippen LogP contribution in [0.5, 0.6) is 0 Å². The minimum Gasteiger partial charge on any atom is -0.390 e. The van der Waals surface area contributed by atoms with Crippen LogP contribution in [-0.4, -0.2) is 16.6 Å². The van der Waals surface area contributed by atoms with Gasteiger partial charge in [0, 0.05) is 5.88 Å². The van der Waals surface area contributed by atoms with Crippen LogP contribution < -0.4 is 0 Å². The van der Waals surface area contributed by atoms with Crippen molar-refractivity contribution in [3.63, 3.8) is 0 Å². The smallest absolute Gasteiger partial charge is 0.0680 e. The zero-order chi connectivity index (χ0) is 7.61. The molecular formula is C8H15ClO. The molecule has 1 aliphatic rings. The van der Waals surface area contributed by atoms with Gasteiger partial charge in [-0.25, -0.2) is 0 Å². The SMILES string of the molecule is CC[C@H]1C[C@@]1(O)CCCCl. The van der Waals surface area contributed by atoms with E-state index >= 15 is 0 Å². The van der Waals surface area contributed by atoms with Crippen LogP contribution in [0.15, 0.2) is 0 Å². The van der Waals surface area contributed by atoms with Gasteiger partial charge in [-0.15, -0.1) is 11.6 Å². The second kappa shape index (κ2) is 3.10. The van der Waals surface area contributed by atoms with Crippen LogP contribution in [0, 0.1) is 5.92 Å². The summed E-state index contributed by atoms with van der Waals surface area (Å²) in [6, 6.07) is 0. The first kappa shape index (κ1) is 8.35. The first-order chi connectivity index (χ1) is 4.73. The summed E-state index contributed by atoms with van der Waals surface area (Å²) in [7, 11) is 0. The first-order valence-electron chi connectivity index (χ1n) is 4.01. The molecule has 0 bridgehead atoms. The molecule has 0 heterocycles. The molecule has 1 saturated carbocycles. The molecule has 1 nitrogen and oxygen atoms in total. The third-order valence-electron chi connectivity index (χ3n) is 2.44.